The maximum atomic E-state index is 12.2. The summed E-state index contributed by atoms with van der Waals surface area (Å²) in [5.74, 6) is 1.70. The van der Waals surface area contributed by atoms with E-state index in [2.05, 4.69) is 54.6 Å². The second kappa shape index (κ2) is 8.65. The van der Waals surface area contributed by atoms with Crippen molar-refractivity contribution in [1.29, 1.82) is 0 Å². The first-order chi connectivity index (χ1) is 14.3. The van der Waals surface area contributed by atoms with Gasteiger partial charge >= 0.3 is 6.03 Å². The summed E-state index contributed by atoms with van der Waals surface area (Å²) in [5, 5.41) is 6.82. The van der Waals surface area contributed by atoms with E-state index in [1.807, 2.05) is 18.2 Å². The molecule has 7 nitrogen and oxygen atoms in total. The number of urea groups is 1. The molecule has 0 fully saturated rings. The highest BCUT2D eigenvalue weighted by Gasteiger charge is 2.34. The number of amides is 2. The topological polar surface area (TPSA) is 75.2 Å². The van der Waals surface area contributed by atoms with Crippen LogP contribution in [0.4, 0.5) is 16.2 Å². The van der Waals surface area contributed by atoms with Crippen LogP contribution in [0.5, 0.6) is 11.5 Å². The number of benzene rings is 2. The second-order valence-corrected chi connectivity index (χ2v) is 8.15. The van der Waals surface area contributed by atoms with Gasteiger partial charge in [-0.3, -0.25) is 0 Å². The van der Waals surface area contributed by atoms with E-state index in [0.29, 0.717) is 23.1 Å². The molecule has 2 N–H and O–H groups in total. The van der Waals surface area contributed by atoms with E-state index in [1.165, 1.54) is 5.56 Å². The highest BCUT2D eigenvalue weighted by Crippen LogP contribution is 2.44. The second-order valence-electron chi connectivity index (χ2n) is 8.15. The lowest BCUT2D eigenvalue weighted by Gasteiger charge is -2.45. The van der Waals surface area contributed by atoms with Gasteiger partial charge in [0, 0.05) is 29.9 Å². The van der Waals surface area contributed by atoms with E-state index in [1.54, 1.807) is 32.6 Å². The zero-order valence-electron chi connectivity index (χ0n) is 18.4. The number of anilines is 2. The summed E-state index contributed by atoms with van der Waals surface area (Å²) in [6, 6.07) is 10.9. The van der Waals surface area contributed by atoms with E-state index in [4.69, 9.17) is 9.47 Å². The minimum Gasteiger partial charge on any atom is -0.496 e. The normalized spacial score (nSPS) is 17.4. The van der Waals surface area contributed by atoms with Gasteiger partial charge in [0.1, 0.15) is 11.5 Å². The van der Waals surface area contributed by atoms with Gasteiger partial charge in [0.05, 0.1) is 26.1 Å². The Bertz CT molecular complexity index is 955. The van der Waals surface area contributed by atoms with Crippen molar-refractivity contribution >= 4 is 23.6 Å². The number of hydrazone groups is 1. The number of hydrogen-bond acceptors (Lipinski definition) is 5. The molecule has 1 unspecified atom stereocenters. The van der Waals surface area contributed by atoms with Crippen molar-refractivity contribution in [1.82, 2.24) is 5.43 Å². The van der Waals surface area contributed by atoms with Gasteiger partial charge in [0.15, 0.2) is 0 Å². The Morgan fingerprint density at radius 3 is 2.60 bits per heavy atom. The van der Waals surface area contributed by atoms with Gasteiger partial charge in [-0.05, 0) is 49.9 Å². The van der Waals surface area contributed by atoms with Gasteiger partial charge in [-0.2, -0.15) is 5.10 Å². The van der Waals surface area contributed by atoms with Crippen LogP contribution in [0.15, 0.2) is 41.5 Å². The Morgan fingerprint density at radius 2 is 1.90 bits per heavy atom. The van der Waals surface area contributed by atoms with Crippen LogP contribution in [-0.2, 0) is 0 Å². The average molecular weight is 411 g/mol. The number of carbonyl (C=O) groups excluding carboxylic acids is 1. The molecule has 0 aromatic heterocycles. The van der Waals surface area contributed by atoms with Crippen molar-refractivity contribution in [3.05, 3.63) is 47.5 Å². The Kier molecular flexibility index (Phi) is 6.20. The third-order valence-corrected chi connectivity index (χ3v) is 5.71. The summed E-state index contributed by atoms with van der Waals surface area (Å²) < 4.78 is 10.8. The molecule has 0 spiro atoms. The average Bonchev–Trinajstić information content (AvgIpc) is 2.72. The number of rotatable bonds is 5. The van der Waals surface area contributed by atoms with Crippen LogP contribution in [0, 0.1) is 0 Å². The van der Waals surface area contributed by atoms with E-state index in [-0.39, 0.29) is 5.54 Å². The molecule has 1 aliphatic heterocycles. The summed E-state index contributed by atoms with van der Waals surface area (Å²) in [7, 11) is 5.30. The van der Waals surface area contributed by atoms with Crippen molar-refractivity contribution in [2.24, 2.45) is 5.10 Å². The van der Waals surface area contributed by atoms with E-state index in [0.717, 1.165) is 17.7 Å². The van der Waals surface area contributed by atoms with Crippen LogP contribution in [0.25, 0.3) is 0 Å². The number of nitrogens with one attached hydrogen (secondary N) is 2. The molecule has 2 aromatic carbocycles. The van der Waals surface area contributed by atoms with E-state index < -0.39 is 6.03 Å². The molecule has 3 rings (SSSR count). The molecule has 2 aromatic rings. The van der Waals surface area contributed by atoms with Gasteiger partial charge in [0.2, 0.25) is 0 Å². The molecule has 1 aliphatic rings. The maximum absolute atomic E-state index is 12.2. The quantitative estimate of drug-likeness (QED) is 0.559. The number of methoxy groups -OCH3 is 2. The van der Waals surface area contributed by atoms with Crippen LogP contribution in [0.1, 0.15) is 44.2 Å². The third kappa shape index (κ3) is 4.35. The lowest BCUT2D eigenvalue weighted by Crippen LogP contribution is -2.45. The first kappa shape index (κ1) is 21.5. The van der Waals surface area contributed by atoms with Gasteiger partial charge in [-0.1, -0.05) is 19.1 Å². The van der Waals surface area contributed by atoms with Gasteiger partial charge in [-0.15, -0.1) is 0 Å². The molecule has 0 radical (unpaired) electrons. The highest BCUT2D eigenvalue weighted by molar-refractivity contribution is 5.92. The predicted molar refractivity (Wildman–Crippen MR) is 121 cm³/mol. The van der Waals surface area contributed by atoms with E-state index >= 15 is 0 Å². The molecule has 30 heavy (non-hydrogen) atoms. The zero-order chi connectivity index (χ0) is 21.9. The predicted octanol–water partition coefficient (Wildman–Crippen LogP) is 4.58. The largest absolute Gasteiger partial charge is 0.496 e. The molecule has 1 heterocycles. The molecule has 0 aliphatic carbocycles. The maximum Gasteiger partial charge on any atom is 0.339 e. The number of ether oxygens (including phenoxy) is 2. The Morgan fingerprint density at radius 1 is 1.20 bits per heavy atom. The SMILES string of the molecule is COc1cc2c(cc1/C=N/NC(=O)Nc1ccccc1OC)C(C)CC(C)(C)N2C. The summed E-state index contributed by atoms with van der Waals surface area (Å²) in [6.07, 6.45) is 2.66. The Balaban J connectivity index is 1.77. The van der Waals surface area contributed by atoms with Crippen LogP contribution in [-0.4, -0.2) is 39.1 Å². The Labute approximate surface area is 178 Å². The fraction of sp³-hybridized carbons (Fsp3) is 0.391. The van der Waals surface area contributed by atoms with E-state index in [9.17, 15) is 4.79 Å². The summed E-state index contributed by atoms with van der Waals surface area (Å²) in [4.78, 5) is 14.5. The first-order valence-electron chi connectivity index (χ1n) is 9.95. The number of hydrogen-bond donors (Lipinski definition) is 2. The molecule has 0 saturated heterocycles. The molecule has 2 amide bonds. The van der Waals surface area contributed by atoms with Gasteiger partial charge < -0.3 is 19.7 Å². The number of nitrogens with zero attached hydrogens (tertiary/aromatic N) is 2. The number of carbonyl (C=O) groups is 1. The van der Waals surface area contributed by atoms with Crippen molar-refractivity contribution in [3.8, 4) is 11.5 Å². The summed E-state index contributed by atoms with van der Waals surface area (Å²) >= 11 is 0. The molecule has 0 saturated carbocycles. The monoisotopic (exact) mass is 410 g/mol. The van der Waals surface area contributed by atoms with Crippen molar-refractivity contribution < 1.29 is 14.3 Å². The number of para-hydroxylation sites is 2. The zero-order valence-corrected chi connectivity index (χ0v) is 18.4. The van der Waals surface area contributed by atoms with Crippen LogP contribution < -0.4 is 25.1 Å². The lowest BCUT2D eigenvalue weighted by atomic mass is 9.80. The minimum absolute atomic E-state index is 0.0746. The van der Waals surface area contributed by atoms with Crippen LogP contribution in [0.3, 0.4) is 0 Å². The van der Waals surface area contributed by atoms with Gasteiger partial charge in [0.25, 0.3) is 0 Å². The fourth-order valence-electron chi connectivity index (χ4n) is 3.95. The third-order valence-electron chi connectivity index (χ3n) is 5.71. The first-order valence-corrected chi connectivity index (χ1v) is 9.95. The lowest BCUT2D eigenvalue weighted by molar-refractivity contribution is 0.252. The molecule has 7 heteroatoms. The smallest absolute Gasteiger partial charge is 0.339 e. The summed E-state index contributed by atoms with van der Waals surface area (Å²) in [5.41, 5.74) is 6.36. The summed E-state index contributed by atoms with van der Waals surface area (Å²) in [6.45, 7) is 6.73. The Hall–Kier alpha value is -3.22. The molecule has 160 valence electrons. The van der Waals surface area contributed by atoms with Crippen LogP contribution >= 0.6 is 0 Å². The minimum atomic E-state index is -0.456. The number of fused-ring (bicyclic) bond motifs is 1. The van der Waals surface area contributed by atoms with Crippen LogP contribution in [0.2, 0.25) is 0 Å². The molecule has 1 atom stereocenters. The molecule has 0 bridgehead atoms. The molecular weight excluding hydrogens is 380 g/mol. The van der Waals surface area contributed by atoms with Crippen molar-refractivity contribution in [3.63, 3.8) is 0 Å². The fourth-order valence-corrected chi connectivity index (χ4v) is 3.95. The van der Waals surface area contributed by atoms with Crippen molar-refractivity contribution in [2.75, 3.05) is 31.5 Å². The standard InChI is InChI=1S/C23H30N4O3/c1-15-13-23(2,3)27(4)19-12-21(30-6)16(11-17(15)19)14-24-26-22(28)25-18-9-7-8-10-20(18)29-5/h7-12,14-15H,13H2,1-6H3,(H2,25,26,28)/b24-14+. The highest BCUT2D eigenvalue weighted by atomic mass is 16.5. The molecular formula is C23H30N4O3. The van der Waals surface area contributed by atoms with Crippen molar-refractivity contribution in [2.45, 2.75) is 38.6 Å². The van der Waals surface area contributed by atoms with Gasteiger partial charge in [-0.25, -0.2) is 10.2 Å².